The number of nitrogens with two attached hydrogens (primary N) is 1. The maximum absolute atomic E-state index is 14.2. The molecular formula is C26H18F2N6O2. The number of rotatable bonds is 4. The predicted molar refractivity (Wildman–Crippen MR) is 131 cm³/mol. The van der Waals surface area contributed by atoms with Crippen LogP contribution in [0, 0.1) is 24.0 Å². The molecule has 8 nitrogen and oxygen atoms in total. The van der Waals surface area contributed by atoms with Crippen LogP contribution in [-0.4, -0.2) is 25.1 Å². The summed E-state index contributed by atoms with van der Waals surface area (Å²) in [5.41, 5.74) is 6.48. The first-order valence-corrected chi connectivity index (χ1v) is 10.8. The molecule has 2 aromatic carbocycles. The molecule has 0 radical (unpaired) electrons. The number of carbonyl (C=O) groups excluding carboxylic acids is 1. The molecule has 3 aromatic heterocycles. The van der Waals surface area contributed by atoms with E-state index in [-0.39, 0.29) is 28.1 Å². The number of terminal acetylenes is 1. The molecular weight excluding hydrogens is 466 g/mol. The van der Waals surface area contributed by atoms with Crippen LogP contribution in [0.5, 0.6) is 0 Å². The molecule has 1 amide bonds. The minimum absolute atomic E-state index is 0.0198. The number of carbonyl (C=O) groups is 1. The quantitative estimate of drug-likeness (QED) is 0.381. The molecule has 0 aliphatic carbocycles. The molecule has 0 bridgehead atoms. The van der Waals surface area contributed by atoms with Gasteiger partial charge in [-0.15, -0.1) is 11.5 Å². The van der Waals surface area contributed by atoms with Crippen molar-refractivity contribution in [3.63, 3.8) is 0 Å². The number of benzene rings is 2. The lowest BCUT2D eigenvalue weighted by atomic mass is 10.0. The average Bonchev–Trinajstić information content (AvgIpc) is 3.21. The van der Waals surface area contributed by atoms with Gasteiger partial charge in [-0.1, -0.05) is 18.1 Å². The van der Waals surface area contributed by atoms with Crippen molar-refractivity contribution in [2.45, 2.75) is 13.0 Å². The molecule has 3 heterocycles. The van der Waals surface area contributed by atoms with Crippen LogP contribution in [-0.2, 0) is 0 Å². The third kappa shape index (κ3) is 3.63. The van der Waals surface area contributed by atoms with E-state index in [4.69, 9.17) is 12.2 Å². The summed E-state index contributed by atoms with van der Waals surface area (Å²) in [6, 6.07) is 10.7. The number of nitrogens with zero attached hydrogens (tertiary/aromatic N) is 4. The number of anilines is 1. The van der Waals surface area contributed by atoms with E-state index in [9.17, 15) is 18.4 Å². The van der Waals surface area contributed by atoms with Crippen molar-refractivity contribution in [3.05, 3.63) is 99.7 Å². The minimum Gasteiger partial charge on any atom is -0.381 e. The Labute approximate surface area is 203 Å². The number of aromatic nitrogens is 4. The van der Waals surface area contributed by atoms with E-state index in [1.165, 1.54) is 21.3 Å². The number of nitrogen functional groups attached to an aromatic ring is 1. The highest BCUT2D eigenvalue weighted by Crippen LogP contribution is 2.25. The Morgan fingerprint density at radius 1 is 1.17 bits per heavy atom. The van der Waals surface area contributed by atoms with E-state index in [1.54, 1.807) is 43.5 Å². The lowest BCUT2D eigenvalue weighted by Gasteiger charge is -2.21. The molecule has 0 aliphatic rings. The van der Waals surface area contributed by atoms with E-state index in [0.717, 1.165) is 12.1 Å². The number of hydrogen-bond donors (Lipinski definition) is 2. The third-order valence-electron chi connectivity index (χ3n) is 5.83. The zero-order valence-electron chi connectivity index (χ0n) is 18.9. The van der Waals surface area contributed by atoms with Crippen molar-refractivity contribution in [2.75, 3.05) is 5.73 Å². The number of amides is 1. The van der Waals surface area contributed by atoms with Gasteiger partial charge in [0.1, 0.15) is 5.56 Å². The van der Waals surface area contributed by atoms with Gasteiger partial charge in [0.15, 0.2) is 23.1 Å². The second-order valence-corrected chi connectivity index (χ2v) is 8.07. The van der Waals surface area contributed by atoms with E-state index in [2.05, 4.69) is 21.3 Å². The minimum atomic E-state index is -1.13. The fourth-order valence-electron chi connectivity index (χ4n) is 4.18. The van der Waals surface area contributed by atoms with Crippen molar-refractivity contribution < 1.29 is 13.6 Å². The molecule has 1 unspecified atom stereocenters. The maximum Gasteiger partial charge on any atom is 0.264 e. The van der Waals surface area contributed by atoms with Crippen molar-refractivity contribution in [2.24, 2.45) is 0 Å². The van der Waals surface area contributed by atoms with Crippen LogP contribution in [0.25, 0.3) is 22.1 Å². The van der Waals surface area contributed by atoms with Crippen LogP contribution in [0.2, 0.25) is 0 Å². The summed E-state index contributed by atoms with van der Waals surface area (Å²) in [5.74, 6) is -0.295. The molecule has 3 N–H and O–H groups in total. The Kier molecular flexibility index (Phi) is 5.45. The first-order valence-electron chi connectivity index (χ1n) is 10.8. The SMILES string of the molecule is C#Cc1cccc2cc(C(C)NC(=O)c3c(N)nn4cccnc34)n(-c3ccc(F)c(F)c3)c(=O)c12. The van der Waals surface area contributed by atoms with Gasteiger partial charge in [-0.3, -0.25) is 14.2 Å². The monoisotopic (exact) mass is 484 g/mol. The van der Waals surface area contributed by atoms with Gasteiger partial charge in [0.25, 0.3) is 11.5 Å². The highest BCUT2D eigenvalue weighted by atomic mass is 19.2. The molecule has 5 aromatic rings. The fourth-order valence-corrected chi connectivity index (χ4v) is 4.18. The third-order valence-corrected chi connectivity index (χ3v) is 5.83. The van der Waals surface area contributed by atoms with Gasteiger partial charge in [-0.2, -0.15) is 0 Å². The topological polar surface area (TPSA) is 107 Å². The lowest BCUT2D eigenvalue weighted by Crippen LogP contribution is -2.32. The van der Waals surface area contributed by atoms with Gasteiger partial charge in [-0.05, 0) is 42.6 Å². The summed E-state index contributed by atoms with van der Waals surface area (Å²) in [4.78, 5) is 31.0. The van der Waals surface area contributed by atoms with Crippen molar-refractivity contribution in [3.8, 4) is 18.0 Å². The number of nitrogens with one attached hydrogen (secondary N) is 1. The van der Waals surface area contributed by atoms with E-state index in [1.807, 2.05) is 0 Å². The highest BCUT2D eigenvalue weighted by molar-refractivity contribution is 6.04. The summed E-state index contributed by atoms with van der Waals surface area (Å²) in [5, 5.41) is 7.67. The lowest BCUT2D eigenvalue weighted by molar-refractivity contribution is 0.0941. The van der Waals surface area contributed by atoms with Crippen LogP contribution < -0.4 is 16.6 Å². The van der Waals surface area contributed by atoms with Crippen molar-refractivity contribution in [1.82, 2.24) is 24.5 Å². The first kappa shape index (κ1) is 22.7. The number of pyridine rings is 1. The molecule has 36 heavy (non-hydrogen) atoms. The Balaban J connectivity index is 1.68. The number of fused-ring (bicyclic) bond motifs is 2. The van der Waals surface area contributed by atoms with E-state index in [0.29, 0.717) is 16.6 Å². The summed E-state index contributed by atoms with van der Waals surface area (Å²) >= 11 is 0. The zero-order chi connectivity index (χ0) is 25.6. The van der Waals surface area contributed by atoms with E-state index < -0.39 is 29.1 Å². The van der Waals surface area contributed by atoms with Gasteiger partial charge >= 0.3 is 0 Å². The standard InChI is InChI=1S/C26H18F2N6O2/c1-3-15-6-4-7-16-12-20(34(26(36)21(15)16)17-8-9-18(27)19(28)13-17)14(2)31-25(35)22-23(29)32-33-11-5-10-30-24(22)33/h1,4-14H,2H3,(H2,29,32)(H,31,35). The molecule has 0 spiro atoms. The van der Waals surface area contributed by atoms with Crippen molar-refractivity contribution >= 4 is 28.1 Å². The van der Waals surface area contributed by atoms with Crippen molar-refractivity contribution in [1.29, 1.82) is 0 Å². The zero-order valence-corrected chi connectivity index (χ0v) is 18.9. The molecule has 1 atom stereocenters. The Morgan fingerprint density at radius 3 is 2.72 bits per heavy atom. The van der Waals surface area contributed by atoms with Crippen LogP contribution >= 0.6 is 0 Å². The molecule has 0 saturated heterocycles. The van der Waals surface area contributed by atoms with Crippen LogP contribution in [0.3, 0.4) is 0 Å². The van der Waals surface area contributed by atoms with Gasteiger partial charge < -0.3 is 11.1 Å². The van der Waals surface area contributed by atoms with Gasteiger partial charge in [-0.25, -0.2) is 18.3 Å². The summed E-state index contributed by atoms with van der Waals surface area (Å²) in [6.07, 6.45) is 8.71. The molecule has 0 fully saturated rings. The largest absolute Gasteiger partial charge is 0.381 e. The average molecular weight is 484 g/mol. The first-order chi connectivity index (χ1) is 17.3. The smallest absolute Gasteiger partial charge is 0.264 e. The maximum atomic E-state index is 14.2. The molecule has 5 rings (SSSR count). The highest BCUT2D eigenvalue weighted by Gasteiger charge is 2.24. The second-order valence-electron chi connectivity index (χ2n) is 8.07. The van der Waals surface area contributed by atoms with Crippen LogP contribution in [0.4, 0.5) is 14.6 Å². The Morgan fingerprint density at radius 2 is 1.97 bits per heavy atom. The molecule has 10 heteroatoms. The number of hydrogen-bond acceptors (Lipinski definition) is 5. The normalized spacial score (nSPS) is 11.9. The summed E-state index contributed by atoms with van der Waals surface area (Å²) < 4.78 is 30.4. The number of halogens is 2. The Bertz CT molecular complexity index is 1780. The van der Waals surface area contributed by atoms with E-state index >= 15 is 0 Å². The van der Waals surface area contributed by atoms with Gasteiger partial charge in [0, 0.05) is 29.7 Å². The molecule has 0 saturated carbocycles. The predicted octanol–water partition coefficient (Wildman–Crippen LogP) is 3.37. The van der Waals surface area contributed by atoms with Crippen LogP contribution in [0.15, 0.2) is 65.7 Å². The second kappa shape index (κ2) is 8.63. The summed E-state index contributed by atoms with van der Waals surface area (Å²) in [6.45, 7) is 1.65. The molecule has 178 valence electrons. The fraction of sp³-hybridized carbons (Fsp3) is 0.0769. The van der Waals surface area contributed by atoms with Gasteiger partial charge in [0.05, 0.1) is 17.1 Å². The van der Waals surface area contributed by atoms with Gasteiger partial charge in [0.2, 0.25) is 0 Å². The Hall–Kier alpha value is -5.04. The van der Waals surface area contributed by atoms with Crippen LogP contribution in [0.1, 0.15) is 34.6 Å². The molecule has 0 aliphatic heterocycles. The summed E-state index contributed by atoms with van der Waals surface area (Å²) in [7, 11) is 0.